The normalized spacial score (nSPS) is 19.8. The zero-order chi connectivity index (χ0) is 25.7. The van der Waals surface area contributed by atoms with Crippen molar-refractivity contribution in [1.82, 2.24) is 21.1 Å². The molecule has 0 radical (unpaired) electrons. The molecule has 4 nitrogen and oxygen atoms in total. The molecule has 2 heterocycles. The number of benzene rings is 1. The first kappa shape index (κ1) is 29.7. The molecule has 34 heavy (non-hydrogen) atoms. The van der Waals surface area contributed by atoms with Crippen LogP contribution in [0.5, 0.6) is 0 Å². The molecule has 0 aromatic heterocycles. The summed E-state index contributed by atoms with van der Waals surface area (Å²) in [6.07, 6.45) is 10.1. The highest BCUT2D eigenvalue weighted by Gasteiger charge is 2.30. The molecule has 192 valence electrons. The zero-order valence-electron chi connectivity index (χ0n) is 23.5. The van der Waals surface area contributed by atoms with E-state index in [4.69, 9.17) is 0 Å². The third kappa shape index (κ3) is 7.89. The molecule has 0 saturated carbocycles. The van der Waals surface area contributed by atoms with Crippen LogP contribution in [0.25, 0.3) is 5.57 Å². The predicted octanol–water partition coefficient (Wildman–Crippen LogP) is 7.01. The molecule has 0 bridgehead atoms. The Morgan fingerprint density at radius 2 is 1.94 bits per heavy atom. The van der Waals surface area contributed by atoms with Crippen LogP contribution in [0, 0.1) is 5.92 Å². The fraction of sp³-hybridized carbons (Fsp3) is 0.533. The van der Waals surface area contributed by atoms with Gasteiger partial charge in [-0.3, -0.25) is 0 Å². The van der Waals surface area contributed by atoms with E-state index in [9.17, 15) is 0 Å². The number of nitrogens with one attached hydrogen (secondary N) is 3. The van der Waals surface area contributed by atoms with Crippen molar-refractivity contribution in [2.45, 2.75) is 74.3 Å². The highest BCUT2D eigenvalue weighted by molar-refractivity contribution is 5.67. The second-order valence-electron chi connectivity index (χ2n) is 8.93. The molecule has 1 aromatic rings. The smallest absolute Gasteiger partial charge is 0.0782 e. The number of allylic oxidation sites excluding steroid dienone is 3. The molecular weight excluding hydrogens is 416 g/mol. The second kappa shape index (κ2) is 14.9. The summed E-state index contributed by atoms with van der Waals surface area (Å²) in [5, 5.41) is 9.42. The number of dihydropyridines is 1. The van der Waals surface area contributed by atoms with Gasteiger partial charge in [-0.2, -0.15) is 0 Å². The maximum atomic E-state index is 3.92. The zero-order valence-corrected chi connectivity index (χ0v) is 23.5. The largest absolute Gasteiger partial charge is 0.375 e. The molecule has 0 aliphatic carbocycles. The van der Waals surface area contributed by atoms with E-state index in [1.165, 1.54) is 33.5 Å². The fourth-order valence-corrected chi connectivity index (χ4v) is 4.18. The molecule has 0 saturated heterocycles. The van der Waals surface area contributed by atoms with E-state index in [0.717, 1.165) is 26.1 Å². The second-order valence-corrected chi connectivity index (χ2v) is 8.93. The van der Waals surface area contributed by atoms with Crippen molar-refractivity contribution in [3.8, 4) is 0 Å². The summed E-state index contributed by atoms with van der Waals surface area (Å²) in [5.41, 5.74) is 11.1. The lowest BCUT2D eigenvalue weighted by atomic mass is 9.83. The van der Waals surface area contributed by atoms with Crippen LogP contribution in [0.3, 0.4) is 0 Å². The van der Waals surface area contributed by atoms with E-state index in [1.54, 1.807) is 0 Å². The third-order valence-electron chi connectivity index (χ3n) is 5.89. The van der Waals surface area contributed by atoms with Gasteiger partial charge in [-0.1, -0.05) is 84.9 Å². The fourth-order valence-electron chi connectivity index (χ4n) is 4.18. The van der Waals surface area contributed by atoms with E-state index in [1.807, 2.05) is 32.7 Å². The Balaban J connectivity index is 0.00000220. The average Bonchev–Trinajstić information content (AvgIpc) is 3.28. The van der Waals surface area contributed by atoms with E-state index in [2.05, 4.69) is 106 Å². The van der Waals surface area contributed by atoms with Crippen molar-refractivity contribution in [2.24, 2.45) is 5.92 Å². The third-order valence-corrected chi connectivity index (χ3v) is 5.89. The first-order chi connectivity index (χ1) is 16.4. The van der Waals surface area contributed by atoms with Gasteiger partial charge in [0.25, 0.3) is 0 Å². The van der Waals surface area contributed by atoms with Crippen LogP contribution in [-0.2, 0) is 5.54 Å². The minimum atomic E-state index is -0.223. The Morgan fingerprint density at radius 3 is 2.50 bits per heavy atom. The Kier molecular flexibility index (Phi) is 13.0. The first-order valence-corrected chi connectivity index (χ1v) is 13.2. The minimum absolute atomic E-state index is 0. The van der Waals surface area contributed by atoms with E-state index >= 15 is 0 Å². The molecule has 0 fully saturated rings. The highest BCUT2D eigenvalue weighted by atomic mass is 15.5. The van der Waals surface area contributed by atoms with Crippen molar-refractivity contribution in [3.63, 3.8) is 0 Å². The van der Waals surface area contributed by atoms with Gasteiger partial charge in [-0.05, 0) is 66.6 Å². The van der Waals surface area contributed by atoms with E-state index < -0.39 is 0 Å². The van der Waals surface area contributed by atoms with Crippen LogP contribution in [0.15, 0.2) is 65.5 Å². The lowest BCUT2D eigenvalue weighted by Gasteiger charge is -2.36. The topological polar surface area (TPSA) is 39.3 Å². The van der Waals surface area contributed by atoms with Crippen molar-refractivity contribution >= 4 is 5.57 Å². The van der Waals surface area contributed by atoms with Gasteiger partial charge in [0, 0.05) is 33.5 Å². The van der Waals surface area contributed by atoms with E-state index in [-0.39, 0.29) is 6.97 Å². The predicted molar refractivity (Wildman–Crippen MR) is 153 cm³/mol. The summed E-state index contributed by atoms with van der Waals surface area (Å²) in [5.74, 6) is 0.590. The Hall–Kier alpha value is -2.30. The summed E-state index contributed by atoms with van der Waals surface area (Å²) < 4.78 is 0. The van der Waals surface area contributed by atoms with Crippen LogP contribution in [-0.4, -0.2) is 31.7 Å². The summed E-state index contributed by atoms with van der Waals surface area (Å²) in [6, 6.07) is 8.98. The highest BCUT2D eigenvalue weighted by Crippen LogP contribution is 2.34. The number of nitrogens with zero attached hydrogens (tertiary/aromatic N) is 1. The molecule has 0 amide bonds. The molecule has 1 aromatic carbocycles. The van der Waals surface area contributed by atoms with Crippen LogP contribution >= 0.6 is 0 Å². The van der Waals surface area contributed by atoms with Gasteiger partial charge in [0.15, 0.2) is 0 Å². The Morgan fingerprint density at radius 1 is 1.24 bits per heavy atom. The Bertz CT molecular complexity index is 882. The summed E-state index contributed by atoms with van der Waals surface area (Å²) >= 11 is 0. The van der Waals surface area contributed by atoms with Crippen LogP contribution in [0.1, 0.15) is 81.3 Å². The van der Waals surface area contributed by atoms with Gasteiger partial charge in [0.2, 0.25) is 0 Å². The first-order valence-electron chi connectivity index (χ1n) is 13.2. The van der Waals surface area contributed by atoms with E-state index in [0.29, 0.717) is 5.92 Å². The molecule has 1 atom stereocenters. The monoisotopic (exact) mass is 468 g/mol. The van der Waals surface area contributed by atoms with Gasteiger partial charge in [-0.25, -0.2) is 5.43 Å². The maximum absolute atomic E-state index is 3.92. The molecule has 2 aliphatic rings. The van der Waals surface area contributed by atoms with Crippen LogP contribution in [0.4, 0.5) is 0 Å². The van der Waals surface area contributed by atoms with Crippen molar-refractivity contribution < 1.29 is 1.43 Å². The number of likely N-dealkylation sites (N-methyl/N-ethyl adjacent to an activating group) is 1. The van der Waals surface area contributed by atoms with Gasteiger partial charge < -0.3 is 15.6 Å². The molecule has 3 rings (SSSR count). The summed E-state index contributed by atoms with van der Waals surface area (Å²) in [4.78, 5) is 0. The van der Waals surface area contributed by atoms with Crippen molar-refractivity contribution in [2.75, 3.05) is 26.7 Å². The van der Waals surface area contributed by atoms with Gasteiger partial charge in [0.05, 0.1) is 5.54 Å². The van der Waals surface area contributed by atoms with Crippen molar-refractivity contribution in [3.05, 3.63) is 76.7 Å². The van der Waals surface area contributed by atoms with Crippen LogP contribution < -0.4 is 16.1 Å². The number of rotatable bonds is 8. The average molecular weight is 469 g/mol. The van der Waals surface area contributed by atoms with Gasteiger partial charge in [0.1, 0.15) is 0 Å². The number of hydrazine groups is 1. The molecule has 2 aliphatic heterocycles. The molecule has 3 N–H and O–H groups in total. The minimum Gasteiger partial charge on any atom is -0.375 e. The SMILES string of the molecule is C/C=C(\CNCC)c1cccc(C2(C)C=CC(C3=CN(C)NC3)=C(CC(C)C)N2)c1.CC.CC.[HH]. The maximum Gasteiger partial charge on any atom is 0.0782 e. The molecule has 4 heteroatoms. The van der Waals surface area contributed by atoms with Gasteiger partial charge in [-0.15, -0.1) is 0 Å². The Labute approximate surface area is 211 Å². The number of hydrogen-bond donors (Lipinski definition) is 3. The molecular formula is C30H52N4. The summed E-state index contributed by atoms with van der Waals surface area (Å²) in [7, 11) is 2.05. The molecule has 1 unspecified atom stereocenters. The standard InChI is InChI=1S/C26H38N4.2C2H6.H2/c1-7-20(16-27-8-2)21-10-9-11-23(15-21)26(5)13-12-24(22-17-28-30(6)18-22)25(29-26)14-19(3)4;2*1-2;/h7,9-13,15,18-19,27-29H,8,14,16-17H2,1-6H3;2*1-2H3;1H/b20-7+;;;. The van der Waals surface area contributed by atoms with Gasteiger partial charge >= 0.3 is 0 Å². The van der Waals surface area contributed by atoms with Crippen molar-refractivity contribution in [1.29, 1.82) is 0 Å². The lowest BCUT2D eigenvalue weighted by Crippen LogP contribution is -2.40. The molecule has 0 spiro atoms. The van der Waals surface area contributed by atoms with Crippen LogP contribution in [0.2, 0.25) is 0 Å². The lowest BCUT2D eigenvalue weighted by molar-refractivity contribution is 0.374. The summed E-state index contributed by atoms with van der Waals surface area (Å²) in [6.45, 7) is 21.9. The quantitative estimate of drug-likeness (QED) is 0.384. The number of hydrogen-bond acceptors (Lipinski definition) is 4.